The molecule has 1 unspecified atom stereocenters. The van der Waals surface area contributed by atoms with Crippen LogP contribution in [-0.2, 0) is 22.4 Å². The van der Waals surface area contributed by atoms with E-state index in [1.54, 1.807) is 46.3 Å². The minimum atomic E-state index is -0.965. The maximum atomic E-state index is 15.6. The highest BCUT2D eigenvalue weighted by Crippen LogP contribution is 2.32. The van der Waals surface area contributed by atoms with E-state index in [2.05, 4.69) is 23.1 Å². The number of carboxylic acids is 1. The van der Waals surface area contributed by atoms with Crippen LogP contribution in [0.15, 0.2) is 53.6 Å². The minimum Gasteiger partial charge on any atom is -0.479 e. The van der Waals surface area contributed by atoms with Gasteiger partial charge in [0, 0.05) is 18.0 Å². The smallest absolute Gasteiger partial charge is 0.332 e. The SMILES string of the molecule is CCCCc1c(Cc2ccc(-c3ccccc3C#N)cc2F)c(=O)n([C@H]2CC[C@H](OC(CC)C(=O)O)CC2)c2ncnn12. The minimum absolute atomic E-state index is 0.0922. The van der Waals surface area contributed by atoms with Crippen molar-refractivity contribution in [3.05, 3.63) is 87.3 Å². The van der Waals surface area contributed by atoms with Gasteiger partial charge in [-0.05, 0) is 73.8 Å². The van der Waals surface area contributed by atoms with Crippen LogP contribution in [0, 0.1) is 17.1 Å². The third-order valence-corrected chi connectivity index (χ3v) is 8.38. The molecular weight excluding hydrogens is 549 g/mol. The molecular formula is C33H36FN5O4. The molecule has 1 fully saturated rings. The van der Waals surface area contributed by atoms with Gasteiger partial charge in [-0.15, -0.1) is 0 Å². The highest BCUT2D eigenvalue weighted by molar-refractivity contribution is 5.72. The Balaban J connectivity index is 1.50. The van der Waals surface area contributed by atoms with Gasteiger partial charge in [0.05, 0.1) is 23.4 Å². The molecule has 4 aromatic rings. The molecule has 0 bridgehead atoms. The van der Waals surface area contributed by atoms with Crippen LogP contribution in [-0.4, -0.2) is 42.4 Å². The number of hydrogen-bond acceptors (Lipinski definition) is 6. The number of nitrogens with zero attached hydrogens (tertiary/aromatic N) is 5. The molecule has 2 aromatic carbocycles. The summed E-state index contributed by atoms with van der Waals surface area (Å²) in [5, 5.41) is 23.4. The highest BCUT2D eigenvalue weighted by Gasteiger charge is 2.30. The third-order valence-electron chi connectivity index (χ3n) is 8.38. The molecule has 0 amide bonds. The molecule has 0 aliphatic heterocycles. The lowest BCUT2D eigenvalue weighted by molar-refractivity contribution is -0.156. The Morgan fingerprint density at radius 2 is 1.95 bits per heavy atom. The van der Waals surface area contributed by atoms with Gasteiger partial charge < -0.3 is 9.84 Å². The highest BCUT2D eigenvalue weighted by atomic mass is 19.1. The number of carboxylic acid groups (broad SMARTS) is 1. The first kappa shape index (κ1) is 30.1. The van der Waals surface area contributed by atoms with Crippen molar-refractivity contribution in [1.29, 1.82) is 5.26 Å². The van der Waals surface area contributed by atoms with Crippen molar-refractivity contribution >= 4 is 11.7 Å². The Morgan fingerprint density at radius 1 is 1.19 bits per heavy atom. The van der Waals surface area contributed by atoms with Crippen LogP contribution in [0.1, 0.15) is 87.2 Å². The maximum Gasteiger partial charge on any atom is 0.332 e. The van der Waals surface area contributed by atoms with E-state index in [1.807, 2.05) is 6.07 Å². The molecule has 224 valence electrons. The molecule has 0 saturated heterocycles. The average molecular weight is 586 g/mol. The summed E-state index contributed by atoms with van der Waals surface area (Å²) in [6, 6.07) is 14.0. The van der Waals surface area contributed by atoms with E-state index in [-0.39, 0.29) is 24.1 Å². The van der Waals surface area contributed by atoms with E-state index < -0.39 is 17.9 Å². The number of nitriles is 1. The summed E-state index contributed by atoms with van der Waals surface area (Å²) in [6.07, 6.45) is 5.73. The number of halogens is 1. The second-order valence-electron chi connectivity index (χ2n) is 11.1. The van der Waals surface area contributed by atoms with Crippen LogP contribution in [0.25, 0.3) is 16.9 Å². The molecule has 1 N–H and O–H groups in total. The summed E-state index contributed by atoms with van der Waals surface area (Å²) in [5.74, 6) is -0.948. The summed E-state index contributed by atoms with van der Waals surface area (Å²) in [6.45, 7) is 3.86. The van der Waals surface area contributed by atoms with Gasteiger partial charge in [0.2, 0.25) is 5.78 Å². The predicted octanol–water partition coefficient (Wildman–Crippen LogP) is 5.87. The van der Waals surface area contributed by atoms with Crippen LogP contribution >= 0.6 is 0 Å². The standard InChI is InChI=1S/C33H36FN5O4/c1-3-5-10-29-27(17-22-12-11-21(18-28(22)34)26-9-7-6-8-23(26)19-35)31(40)38(33-36-20-37-39(29)33)24-13-15-25(16-14-24)43-30(4-2)32(41)42/h6-9,11-12,18,20,24-25,30H,3-5,10,13-17H2,1-2H3,(H,41,42)/t24-,25-,30?. The molecule has 43 heavy (non-hydrogen) atoms. The molecule has 2 aromatic heterocycles. The molecule has 0 radical (unpaired) electrons. The predicted molar refractivity (Wildman–Crippen MR) is 159 cm³/mol. The van der Waals surface area contributed by atoms with Crippen molar-refractivity contribution in [2.24, 2.45) is 0 Å². The van der Waals surface area contributed by atoms with Crippen LogP contribution in [0.5, 0.6) is 0 Å². The van der Waals surface area contributed by atoms with E-state index in [0.29, 0.717) is 72.1 Å². The molecule has 9 nitrogen and oxygen atoms in total. The summed E-state index contributed by atoms with van der Waals surface area (Å²) in [5.41, 5.74) is 3.12. The van der Waals surface area contributed by atoms with E-state index >= 15 is 4.39 Å². The number of carbonyl (C=O) groups is 1. The van der Waals surface area contributed by atoms with Gasteiger partial charge in [-0.1, -0.05) is 50.6 Å². The zero-order valence-corrected chi connectivity index (χ0v) is 24.5. The van der Waals surface area contributed by atoms with Crippen molar-refractivity contribution in [1.82, 2.24) is 19.2 Å². The van der Waals surface area contributed by atoms with Gasteiger partial charge in [0.15, 0.2) is 6.10 Å². The Kier molecular flexibility index (Phi) is 9.31. The zero-order valence-electron chi connectivity index (χ0n) is 24.5. The largest absolute Gasteiger partial charge is 0.479 e. The Hall–Kier alpha value is -4.36. The fraction of sp³-hybridized carbons (Fsp3) is 0.424. The molecule has 1 aliphatic rings. The van der Waals surface area contributed by atoms with E-state index in [1.165, 1.54) is 12.4 Å². The second-order valence-corrected chi connectivity index (χ2v) is 11.1. The number of fused-ring (bicyclic) bond motifs is 1. The first-order valence-electron chi connectivity index (χ1n) is 15.0. The normalized spacial score (nSPS) is 17.5. The van der Waals surface area contributed by atoms with Crippen molar-refractivity contribution in [3.63, 3.8) is 0 Å². The fourth-order valence-corrected chi connectivity index (χ4v) is 6.07. The van der Waals surface area contributed by atoms with Crippen molar-refractivity contribution in [3.8, 4) is 17.2 Å². The Bertz CT molecular complexity index is 1710. The number of unbranched alkanes of at least 4 members (excludes halogenated alkanes) is 1. The van der Waals surface area contributed by atoms with Gasteiger partial charge in [-0.25, -0.2) is 13.7 Å². The number of ether oxygens (including phenoxy) is 1. The lowest BCUT2D eigenvalue weighted by Crippen LogP contribution is -2.36. The molecule has 1 aliphatic carbocycles. The number of aliphatic carboxylic acids is 1. The first-order chi connectivity index (χ1) is 20.9. The third kappa shape index (κ3) is 6.22. The van der Waals surface area contributed by atoms with Gasteiger partial charge in [0.25, 0.3) is 5.56 Å². The molecule has 10 heteroatoms. The topological polar surface area (TPSA) is 123 Å². The molecule has 1 atom stereocenters. The van der Waals surface area contributed by atoms with Crippen LogP contribution in [0.4, 0.5) is 4.39 Å². The quantitative estimate of drug-likeness (QED) is 0.234. The van der Waals surface area contributed by atoms with Crippen LogP contribution in [0.3, 0.4) is 0 Å². The number of hydrogen-bond donors (Lipinski definition) is 1. The van der Waals surface area contributed by atoms with E-state index in [0.717, 1.165) is 18.5 Å². The maximum absolute atomic E-state index is 15.6. The summed E-state index contributed by atoms with van der Waals surface area (Å²) < 4.78 is 24.9. The van der Waals surface area contributed by atoms with Gasteiger partial charge in [0.1, 0.15) is 12.1 Å². The van der Waals surface area contributed by atoms with E-state index in [9.17, 15) is 20.0 Å². The lowest BCUT2D eigenvalue weighted by atomic mass is 9.92. The van der Waals surface area contributed by atoms with Gasteiger partial charge in [-0.2, -0.15) is 15.3 Å². The van der Waals surface area contributed by atoms with Gasteiger partial charge in [-0.3, -0.25) is 9.36 Å². The van der Waals surface area contributed by atoms with Crippen molar-refractivity contribution in [2.45, 2.75) is 89.9 Å². The Labute approximate surface area is 249 Å². The molecule has 5 rings (SSSR count). The summed E-state index contributed by atoms with van der Waals surface area (Å²) in [4.78, 5) is 30.2. The number of aryl methyl sites for hydroxylation is 1. The lowest BCUT2D eigenvalue weighted by Gasteiger charge is -2.31. The van der Waals surface area contributed by atoms with Crippen molar-refractivity contribution in [2.75, 3.05) is 0 Å². The molecule has 2 heterocycles. The second kappa shape index (κ2) is 13.3. The molecule has 1 saturated carbocycles. The average Bonchev–Trinajstić information content (AvgIpc) is 3.50. The zero-order chi connectivity index (χ0) is 30.5. The monoisotopic (exact) mass is 585 g/mol. The van der Waals surface area contributed by atoms with Gasteiger partial charge >= 0.3 is 5.97 Å². The van der Waals surface area contributed by atoms with Crippen LogP contribution in [0.2, 0.25) is 0 Å². The van der Waals surface area contributed by atoms with E-state index in [4.69, 9.17) is 4.74 Å². The Morgan fingerprint density at radius 3 is 2.63 bits per heavy atom. The summed E-state index contributed by atoms with van der Waals surface area (Å²) in [7, 11) is 0. The first-order valence-corrected chi connectivity index (χ1v) is 15.0. The fourth-order valence-electron chi connectivity index (χ4n) is 6.07. The van der Waals surface area contributed by atoms with Crippen molar-refractivity contribution < 1.29 is 19.0 Å². The number of rotatable bonds is 11. The number of aromatic nitrogens is 4. The molecule has 0 spiro atoms. The van der Waals surface area contributed by atoms with Crippen LogP contribution < -0.4 is 5.56 Å². The summed E-state index contributed by atoms with van der Waals surface area (Å²) >= 11 is 0. The number of benzene rings is 2.